The number of hydrogen-bond acceptors (Lipinski definition) is 3. The molecule has 0 aliphatic rings. The van der Waals surface area contributed by atoms with Gasteiger partial charge in [-0.15, -0.1) is 0 Å². The zero-order valence-corrected chi connectivity index (χ0v) is 10.8. The van der Waals surface area contributed by atoms with Crippen LogP contribution in [-0.2, 0) is 0 Å². The Morgan fingerprint density at radius 3 is 2.67 bits per heavy atom. The number of ether oxygens (including phenoxy) is 1. The highest BCUT2D eigenvalue weighted by atomic mass is 79.9. The number of benzene rings is 1. The predicted octanol–water partition coefficient (Wildman–Crippen LogP) is 3.37. The van der Waals surface area contributed by atoms with Gasteiger partial charge in [0.15, 0.2) is 11.5 Å². The molecule has 0 unspecified atom stereocenters. The van der Waals surface area contributed by atoms with E-state index in [9.17, 15) is 5.11 Å². The van der Waals surface area contributed by atoms with E-state index in [1.807, 2.05) is 13.0 Å². The van der Waals surface area contributed by atoms with Gasteiger partial charge in [0, 0.05) is 17.8 Å². The Balaban J connectivity index is 3.00. The van der Waals surface area contributed by atoms with Gasteiger partial charge in [-0.3, -0.25) is 0 Å². The largest absolute Gasteiger partial charge is 0.503 e. The molecule has 0 fully saturated rings. The van der Waals surface area contributed by atoms with Crippen LogP contribution in [-0.4, -0.2) is 17.8 Å². The van der Waals surface area contributed by atoms with Crippen LogP contribution >= 0.6 is 15.9 Å². The van der Waals surface area contributed by atoms with E-state index < -0.39 is 0 Å². The molecule has 1 rings (SSSR count). The first-order chi connectivity index (χ1) is 7.04. The van der Waals surface area contributed by atoms with Crippen LogP contribution in [0, 0.1) is 0 Å². The average molecular weight is 274 g/mol. The van der Waals surface area contributed by atoms with E-state index in [2.05, 4.69) is 35.1 Å². The number of aromatic hydroxyl groups is 1. The van der Waals surface area contributed by atoms with E-state index in [1.54, 1.807) is 6.07 Å². The lowest BCUT2D eigenvalue weighted by molar-refractivity contribution is 0.317. The van der Waals surface area contributed by atoms with Crippen LogP contribution in [0.2, 0.25) is 0 Å². The minimum absolute atomic E-state index is 0.145. The number of phenols is 1. The van der Waals surface area contributed by atoms with Gasteiger partial charge in [0.05, 0.1) is 11.1 Å². The Labute approximate surface area is 98.6 Å². The minimum Gasteiger partial charge on any atom is -0.503 e. The van der Waals surface area contributed by atoms with E-state index in [1.165, 1.54) is 0 Å². The molecule has 0 spiro atoms. The molecule has 0 aliphatic heterocycles. The molecule has 0 atom stereocenters. The van der Waals surface area contributed by atoms with E-state index in [0.29, 0.717) is 22.9 Å². The summed E-state index contributed by atoms with van der Waals surface area (Å²) in [5.41, 5.74) is 0.929. The molecule has 1 aromatic rings. The number of halogens is 1. The highest BCUT2D eigenvalue weighted by Gasteiger charge is 2.09. The lowest BCUT2D eigenvalue weighted by Gasteiger charge is -2.14. The maximum Gasteiger partial charge on any atom is 0.172 e. The number of anilines is 1. The summed E-state index contributed by atoms with van der Waals surface area (Å²) in [6.07, 6.45) is 0. The predicted molar refractivity (Wildman–Crippen MR) is 65.7 cm³/mol. The molecular formula is C11H16BrNO2. The zero-order chi connectivity index (χ0) is 11.4. The first-order valence-electron chi connectivity index (χ1n) is 4.96. The van der Waals surface area contributed by atoms with Crippen molar-refractivity contribution in [2.24, 2.45) is 0 Å². The van der Waals surface area contributed by atoms with E-state index >= 15 is 0 Å². The maximum absolute atomic E-state index is 9.69. The topological polar surface area (TPSA) is 41.5 Å². The summed E-state index contributed by atoms with van der Waals surface area (Å²) in [5, 5.41) is 12.9. The highest BCUT2D eigenvalue weighted by molar-refractivity contribution is 9.10. The summed E-state index contributed by atoms with van der Waals surface area (Å²) in [5.74, 6) is 0.640. The van der Waals surface area contributed by atoms with Gasteiger partial charge in [0.1, 0.15) is 0 Å². The normalized spacial score (nSPS) is 10.5. The van der Waals surface area contributed by atoms with Crippen LogP contribution in [0.25, 0.3) is 0 Å². The lowest BCUT2D eigenvalue weighted by atomic mass is 10.2. The first-order valence-corrected chi connectivity index (χ1v) is 5.75. The van der Waals surface area contributed by atoms with Gasteiger partial charge in [0.25, 0.3) is 0 Å². The second-order valence-corrected chi connectivity index (χ2v) is 4.39. The second-order valence-electron chi connectivity index (χ2n) is 3.54. The Morgan fingerprint density at radius 1 is 1.47 bits per heavy atom. The summed E-state index contributed by atoms with van der Waals surface area (Å²) < 4.78 is 5.96. The molecule has 0 heterocycles. The fraction of sp³-hybridized carbons (Fsp3) is 0.455. The third kappa shape index (κ3) is 3.30. The smallest absolute Gasteiger partial charge is 0.172 e. The Hall–Kier alpha value is -0.900. The summed E-state index contributed by atoms with van der Waals surface area (Å²) in [6.45, 7) is 6.53. The van der Waals surface area contributed by atoms with Crippen LogP contribution in [0.3, 0.4) is 0 Å². The summed E-state index contributed by atoms with van der Waals surface area (Å²) in [6, 6.07) is 3.97. The molecule has 0 aromatic heterocycles. The third-order valence-electron chi connectivity index (χ3n) is 1.78. The van der Waals surface area contributed by atoms with E-state index in [4.69, 9.17) is 4.74 Å². The zero-order valence-electron chi connectivity index (χ0n) is 9.17. The molecule has 2 N–H and O–H groups in total. The van der Waals surface area contributed by atoms with Gasteiger partial charge >= 0.3 is 0 Å². The molecule has 1 aromatic carbocycles. The van der Waals surface area contributed by atoms with Crippen molar-refractivity contribution in [1.29, 1.82) is 0 Å². The Bertz CT molecular complexity index is 340. The summed E-state index contributed by atoms with van der Waals surface area (Å²) in [7, 11) is 0. The van der Waals surface area contributed by atoms with Gasteiger partial charge in [-0.1, -0.05) is 0 Å². The molecule has 0 saturated carbocycles. The fourth-order valence-electron chi connectivity index (χ4n) is 1.26. The standard InChI is InChI=1S/C11H16BrNO2/c1-4-15-10-6-8(13-7(2)3)5-9(12)11(10)14/h5-7,13-14H,4H2,1-3H3. The molecular weight excluding hydrogens is 258 g/mol. The first kappa shape index (κ1) is 12.2. The van der Waals surface area contributed by atoms with Crippen LogP contribution in [0.1, 0.15) is 20.8 Å². The van der Waals surface area contributed by atoms with Crippen LogP contribution in [0.4, 0.5) is 5.69 Å². The third-order valence-corrected chi connectivity index (χ3v) is 2.39. The SMILES string of the molecule is CCOc1cc(NC(C)C)cc(Br)c1O. The highest BCUT2D eigenvalue weighted by Crippen LogP contribution is 2.37. The van der Waals surface area contributed by atoms with Crippen molar-refractivity contribution in [3.63, 3.8) is 0 Å². The van der Waals surface area contributed by atoms with Gasteiger partial charge < -0.3 is 15.2 Å². The maximum atomic E-state index is 9.69. The minimum atomic E-state index is 0.145. The molecule has 0 aliphatic carbocycles. The number of nitrogens with one attached hydrogen (secondary N) is 1. The van der Waals surface area contributed by atoms with Crippen LogP contribution in [0.5, 0.6) is 11.5 Å². The molecule has 4 heteroatoms. The van der Waals surface area contributed by atoms with Crippen LogP contribution < -0.4 is 10.1 Å². The van der Waals surface area contributed by atoms with Crippen molar-refractivity contribution in [2.75, 3.05) is 11.9 Å². The molecule has 84 valence electrons. The van der Waals surface area contributed by atoms with Gasteiger partial charge in [-0.2, -0.15) is 0 Å². The molecule has 15 heavy (non-hydrogen) atoms. The van der Waals surface area contributed by atoms with Crippen molar-refractivity contribution >= 4 is 21.6 Å². The molecule has 0 saturated heterocycles. The van der Waals surface area contributed by atoms with Crippen molar-refractivity contribution in [3.8, 4) is 11.5 Å². The second kappa shape index (κ2) is 5.26. The van der Waals surface area contributed by atoms with E-state index in [0.717, 1.165) is 5.69 Å². The molecule has 0 amide bonds. The number of rotatable bonds is 4. The summed E-state index contributed by atoms with van der Waals surface area (Å²) >= 11 is 3.29. The fourth-order valence-corrected chi connectivity index (χ4v) is 1.70. The number of phenolic OH excluding ortho intramolecular Hbond substituents is 1. The van der Waals surface area contributed by atoms with Gasteiger partial charge in [-0.05, 0) is 42.8 Å². The average Bonchev–Trinajstić information content (AvgIpc) is 2.12. The summed E-state index contributed by atoms with van der Waals surface area (Å²) in [4.78, 5) is 0. The Morgan fingerprint density at radius 2 is 2.13 bits per heavy atom. The molecule has 3 nitrogen and oxygen atoms in total. The van der Waals surface area contributed by atoms with Crippen molar-refractivity contribution < 1.29 is 9.84 Å². The van der Waals surface area contributed by atoms with Crippen molar-refractivity contribution in [2.45, 2.75) is 26.8 Å². The molecule has 0 bridgehead atoms. The van der Waals surface area contributed by atoms with Crippen molar-refractivity contribution in [1.82, 2.24) is 0 Å². The number of hydrogen-bond donors (Lipinski definition) is 2. The molecule has 0 radical (unpaired) electrons. The van der Waals surface area contributed by atoms with Gasteiger partial charge in [0.2, 0.25) is 0 Å². The lowest BCUT2D eigenvalue weighted by Crippen LogP contribution is -2.09. The van der Waals surface area contributed by atoms with E-state index in [-0.39, 0.29) is 5.75 Å². The van der Waals surface area contributed by atoms with Gasteiger partial charge in [-0.25, -0.2) is 0 Å². The van der Waals surface area contributed by atoms with Crippen molar-refractivity contribution in [3.05, 3.63) is 16.6 Å². The quantitative estimate of drug-likeness (QED) is 0.827. The van der Waals surface area contributed by atoms with Crippen LogP contribution in [0.15, 0.2) is 16.6 Å². The Kier molecular flexibility index (Phi) is 4.27. The monoisotopic (exact) mass is 273 g/mol.